The number of ether oxygens (including phenoxy) is 1. The maximum absolute atomic E-state index is 11.4. The average Bonchev–Trinajstić information content (AvgIpc) is 2.44. The Bertz CT molecular complexity index is 497. The lowest BCUT2D eigenvalue weighted by Gasteiger charge is -2.20. The van der Waals surface area contributed by atoms with Crippen molar-refractivity contribution in [3.63, 3.8) is 0 Å². The quantitative estimate of drug-likeness (QED) is 0.641. The van der Waals surface area contributed by atoms with Crippen molar-refractivity contribution in [1.82, 2.24) is 5.32 Å². The molecule has 0 spiro atoms. The van der Waals surface area contributed by atoms with Crippen LogP contribution in [0, 0.1) is 0 Å². The van der Waals surface area contributed by atoms with Crippen molar-refractivity contribution in [2.45, 2.75) is 26.2 Å². The summed E-state index contributed by atoms with van der Waals surface area (Å²) in [7, 11) is 0. The van der Waals surface area contributed by atoms with Crippen LogP contribution in [-0.2, 0) is 11.2 Å². The standard InChI is InChI=1S/C14H18N2O3/c1-2-15-14(17)9-19-13-8-4-5-10-11(13)6-3-7-12(10)16-18/h4-5,8,18H,2-3,6-7,9H2,1H3,(H,15,17). The van der Waals surface area contributed by atoms with Gasteiger partial charge >= 0.3 is 0 Å². The van der Waals surface area contributed by atoms with Crippen LogP contribution in [0.4, 0.5) is 0 Å². The number of nitrogens with one attached hydrogen (secondary N) is 1. The van der Waals surface area contributed by atoms with E-state index in [9.17, 15) is 4.79 Å². The fraction of sp³-hybridized carbons (Fsp3) is 0.429. The first-order valence-electron chi connectivity index (χ1n) is 6.49. The van der Waals surface area contributed by atoms with Crippen LogP contribution in [0.25, 0.3) is 0 Å². The molecule has 0 fully saturated rings. The minimum absolute atomic E-state index is 0.00982. The molecule has 0 heterocycles. The fourth-order valence-electron chi connectivity index (χ4n) is 2.29. The molecule has 2 N–H and O–H groups in total. The summed E-state index contributed by atoms with van der Waals surface area (Å²) in [5, 5.41) is 15.0. The molecule has 102 valence electrons. The Kier molecular flexibility index (Phi) is 4.39. The van der Waals surface area contributed by atoms with Gasteiger partial charge in [-0.2, -0.15) is 0 Å². The van der Waals surface area contributed by atoms with Gasteiger partial charge in [-0.05, 0) is 32.3 Å². The van der Waals surface area contributed by atoms with Gasteiger partial charge in [-0.1, -0.05) is 17.3 Å². The number of oxime groups is 1. The first-order chi connectivity index (χ1) is 9.26. The molecule has 0 radical (unpaired) electrons. The van der Waals surface area contributed by atoms with E-state index >= 15 is 0 Å². The van der Waals surface area contributed by atoms with Gasteiger partial charge in [0.25, 0.3) is 5.91 Å². The Hall–Kier alpha value is -2.04. The van der Waals surface area contributed by atoms with Crippen molar-refractivity contribution in [1.29, 1.82) is 0 Å². The minimum atomic E-state index is -0.132. The van der Waals surface area contributed by atoms with Gasteiger partial charge in [0.15, 0.2) is 6.61 Å². The number of nitrogens with zero attached hydrogens (tertiary/aromatic N) is 1. The highest BCUT2D eigenvalue weighted by Crippen LogP contribution is 2.29. The fourth-order valence-corrected chi connectivity index (χ4v) is 2.29. The molecule has 1 amide bonds. The number of rotatable bonds is 4. The van der Waals surface area contributed by atoms with Crippen LogP contribution >= 0.6 is 0 Å². The van der Waals surface area contributed by atoms with Crippen molar-refractivity contribution in [2.75, 3.05) is 13.2 Å². The molecule has 1 aliphatic rings. The second-order valence-electron chi connectivity index (χ2n) is 4.42. The van der Waals surface area contributed by atoms with Crippen LogP contribution in [-0.4, -0.2) is 30.0 Å². The topological polar surface area (TPSA) is 70.9 Å². The van der Waals surface area contributed by atoms with E-state index in [1.807, 2.05) is 25.1 Å². The monoisotopic (exact) mass is 262 g/mol. The summed E-state index contributed by atoms with van der Waals surface area (Å²) < 4.78 is 5.56. The highest BCUT2D eigenvalue weighted by Gasteiger charge is 2.19. The van der Waals surface area contributed by atoms with Crippen molar-refractivity contribution in [3.05, 3.63) is 29.3 Å². The smallest absolute Gasteiger partial charge is 0.257 e. The van der Waals surface area contributed by atoms with Gasteiger partial charge in [-0.25, -0.2) is 0 Å². The predicted molar refractivity (Wildman–Crippen MR) is 71.9 cm³/mol. The van der Waals surface area contributed by atoms with Crippen LogP contribution in [0.5, 0.6) is 5.75 Å². The molecular weight excluding hydrogens is 244 g/mol. The first kappa shape index (κ1) is 13.4. The van der Waals surface area contributed by atoms with Crippen molar-refractivity contribution in [2.24, 2.45) is 5.16 Å². The summed E-state index contributed by atoms with van der Waals surface area (Å²) in [5.41, 5.74) is 2.62. The van der Waals surface area contributed by atoms with Gasteiger partial charge in [0.05, 0.1) is 5.71 Å². The molecule has 0 saturated heterocycles. The van der Waals surface area contributed by atoms with E-state index in [0.717, 1.165) is 30.4 Å². The molecular formula is C14H18N2O3. The molecule has 0 aromatic heterocycles. The van der Waals surface area contributed by atoms with Crippen molar-refractivity contribution in [3.8, 4) is 5.75 Å². The van der Waals surface area contributed by atoms with E-state index in [-0.39, 0.29) is 12.5 Å². The van der Waals surface area contributed by atoms with Crippen LogP contribution in [0.1, 0.15) is 30.9 Å². The summed E-state index contributed by atoms with van der Waals surface area (Å²) in [6, 6.07) is 5.61. The van der Waals surface area contributed by atoms with E-state index in [1.165, 1.54) is 0 Å². The summed E-state index contributed by atoms with van der Waals surface area (Å²) in [5.74, 6) is 0.566. The molecule has 19 heavy (non-hydrogen) atoms. The zero-order valence-corrected chi connectivity index (χ0v) is 11.0. The highest BCUT2D eigenvalue weighted by molar-refractivity contribution is 6.02. The zero-order chi connectivity index (χ0) is 13.7. The lowest BCUT2D eigenvalue weighted by atomic mass is 9.89. The summed E-state index contributed by atoms with van der Waals surface area (Å²) in [6.07, 6.45) is 2.57. The molecule has 0 aliphatic heterocycles. The molecule has 0 bridgehead atoms. The molecule has 1 aromatic rings. The number of hydrogen-bond acceptors (Lipinski definition) is 4. The van der Waals surface area contributed by atoms with Crippen molar-refractivity contribution < 1.29 is 14.7 Å². The Morgan fingerprint density at radius 1 is 1.47 bits per heavy atom. The Balaban J connectivity index is 2.16. The second-order valence-corrected chi connectivity index (χ2v) is 4.42. The Morgan fingerprint density at radius 2 is 2.32 bits per heavy atom. The summed E-state index contributed by atoms with van der Waals surface area (Å²) in [6.45, 7) is 2.47. The van der Waals surface area contributed by atoms with Gasteiger partial charge in [0.1, 0.15) is 5.75 Å². The lowest BCUT2D eigenvalue weighted by Crippen LogP contribution is -2.28. The SMILES string of the molecule is CCNC(=O)COc1cccc2c1CCCC2=NO. The average molecular weight is 262 g/mol. The van der Waals surface area contributed by atoms with Crippen LogP contribution < -0.4 is 10.1 Å². The molecule has 5 heteroatoms. The van der Waals surface area contributed by atoms with E-state index < -0.39 is 0 Å². The lowest BCUT2D eigenvalue weighted by molar-refractivity contribution is -0.122. The summed E-state index contributed by atoms with van der Waals surface area (Å²) >= 11 is 0. The van der Waals surface area contributed by atoms with E-state index in [4.69, 9.17) is 9.94 Å². The number of carbonyl (C=O) groups is 1. The van der Waals surface area contributed by atoms with Gasteiger partial charge in [0.2, 0.25) is 0 Å². The molecule has 1 aliphatic carbocycles. The van der Waals surface area contributed by atoms with Crippen LogP contribution in [0.15, 0.2) is 23.4 Å². The molecule has 0 saturated carbocycles. The third kappa shape index (κ3) is 3.05. The number of hydrogen-bond donors (Lipinski definition) is 2. The molecule has 0 atom stereocenters. The zero-order valence-electron chi connectivity index (χ0n) is 11.0. The van der Waals surface area contributed by atoms with Gasteiger partial charge in [-0.3, -0.25) is 4.79 Å². The maximum atomic E-state index is 11.4. The number of likely N-dealkylation sites (N-methyl/N-ethyl adjacent to an activating group) is 1. The van der Waals surface area contributed by atoms with Crippen LogP contribution in [0.2, 0.25) is 0 Å². The molecule has 0 unspecified atom stereocenters. The predicted octanol–water partition coefficient (Wildman–Crippen LogP) is 1.72. The molecule has 2 rings (SSSR count). The Morgan fingerprint density at radius 3 is 3.05 bits per heavy atom. The largest absolute Gasteiger partial charge is 0.483 e. The molecule has 5 nitrogen and oxygen atoms in total. The second kappa shape index (κ2) is 6.22. The van der Waals surface area contributed by atoms with Crippen molar-refractivity contribution >= 4 is 11.6 Å². The van der Waals surface area contributed by atoms with E-state index in [2.05, 4.69) is 10.5 Å². The number of amides is 1. The first-order valence-corrected chi connectivity index (χ1v) is 6.49. The minimum Gasteiger partial charge on any atom is -0.483 e. The third-order valence-electron chi connectivity index (χ3n) is 3.14. The number of fused-ring (bicyclic) bond motifs is 1. The van der Waals surface area contributed by atoms with Gasteiger partial charge in [0, 0.05) is 17.7 Å². The van der Waals surface area contributed by atoms with Crippen LogP contribution in [0.3, 0.4) is 0 Å². The summed E-state index contributed by atoms with van der Waals surface area (Å²) in [4.78, 5) is 11.4. The Labute approximate surface area is 112 Å². The number of carbonyl (C=O) groups excluding carboxylic acids is 1. The molecule has 1 aromatic carbocycles. The van der Waals surface area contributed by atoms with Gasteiger partial charge < -0.3 is 15.3 Å². The highest BCUT2D eigenvalue weighted by atomic mass is 16.5. The van der Waals surface area contributed by atoms with E-state index in [1.54, 1.807) is 0 Å². The van der Waals surface area contributed by atoms with E-state index in [0.29, 0.717) is 18.0 Å². The maximum Gasteiger partial charge on any atom is 0.257 e. The van der Waals surface area contributed by atoms with Gasteiger partial charge in [-0.15, -0.1) is 0 Å². The number of benzene rings is 1. The third-order valence-corrected chi connectivity index (χ3v) is 3.14. The normalized spacial score (nSPS) is 15.9.